The minimum Gasteiger partial charge on any atom is -0.461 e. The summed E-state index contributed by atoms with van der Waals surface area (Å²) >= 11 is 1.61. The molecule has 0 aliphatic heterocycles. The van der Waals surface area contributed by atoms with Gasteiger partial charge in [0.25, 0.3) is 0 Å². The average molecular weight is 279 g/mol. The lowest BCUT2D eigenvalue weighted by atomic mass is 10.4. The topological polar surface area (TPSA) is 77.2 Å². The van der Waals surface area contributed by atoms with Gasteiger partial charge in [-0.25, -0.2) is 9.78 Å². The van der Waals surface area contributed by atoms with Crippen LogP contribution in [0.2, 0.25) is 0 Å². The normalized spacial score (nSPS) is 13.3. The van der Waals surface area contributed by atoms with E-state index in [1.165, 1.54) is 17.6 Å². The number of oxazole rings is 1. The van der Waals surface area contributed by atoms with Gasteiger partial charge in [-0.05, 0) is 26.2 Å². The number of rotatable bonds is 4. The molecule has 0 unspecified atom stereocenters. The molecule has 0 saturated carbocycles. The molecule has 2 heterocycles. The number of hydrogen-bond acceptors (Lipinski definition) is 7. The SMILES string of the molecule is CCOC(=O)c1coc(Nc2nc3c(s2)CCC3)n1. The second-order valence-electron chi connectivity index (χ2n) is 4.13. The van der Waals surface area contributed by atoms with Gasteiger partial charge in [-0.1, -0.05) is 0 Å². The number of esters is 1. The van der Waals surface area contributed by atoms with Gasteiger partial charge in [-0.3, -0.25) is 5.32 Å². The Labute approximate surface area is 113 Å². The Hall–Kier alpha value is -1.89. The van der Waals surface area contributed by atoms with Crippen LogP contribution in [0.5, 0.6) is 0 Å². The summed E-state index contributed by atoms with van der Waals surface area (Å²) in [5.74, 6) is -0.485. The number of thiazole rings is 1. The summed E-state index contributed by atoms with van der Waals surface area (Å²) in [4.78, 5) is 21.2. The Balaban J connectivity index is 1.71. The number of aromatic nitrogens is 2. The summed E-state index contributed by atoms with van der Waals surface area (Å²) < 4.78 is 10.0. The van der Waals surface area contributed by atoms with Crippen molar-refractivity contribution in [1.82, 2.24) is 9.97 Å². The van der Waals surface area contributed by atoms with E-state index in [9.17, 15) is 4.79 Å². The highest BCUT2D eigenvalue weighted by Gasteiger charge is 2.18. The van der Waals surface area contributed by atoms with Crippen molar-refractivity contribution in [2.75, 3.05) is 11.9 Å². The third kappa shape index (κ3) is 2.46. The predicted molar refractivity (Wildman–Crippen MR) is 69.9 cm³/mol. The lowest BCUT2D eigenvalue weighted by Gasteiger charge is -1.96. The zero-order chi connectivity index (χ0) is 13.2. The third-order valence-electron chi connectivity index (χ3n) is 2.80. The lowest BCUT2D eigenvalue weighted by molar-refractivity contribution is 0.0519. The standard InChI is InChI=1S/C12H13N3O3S/c1-2-17-10(16)8-6-18-11(13-8)15-12-14-7-4-3-5-9(7)19-12/h6H,2-5H2,1H3,(H,13,14,15). The number of fused-ring (bicyclic) bond motifs is 1. The summed E-state index contributed by atoms with van der Waals surface area (Å²) in [6, 6.07) is 0.260. The molecule has 0 atom stereocenters. The molecule has 0 spiro atoms. The van der Waals surface area contributed by atoms with Gasteiger partial charge in [-0.2, -0.15) is 4.98 Å². The van der Waals surface area contributed by atoms with Crippen LogP contribution in [0.4, 0.5) is 11.1 Å². The van der Waals surface area contributed by atoms with Crippen LogP contribution >= 0.6 is 11.3 Å². The van der Waals surface area contributed by atoms with Crippen molar-refractivity contribution in [3.63, 3.8) is 0 Å². The molecule has 7 heteroatoms. The summed E-state index contributed by atoms with van der Waals surface area (Å²) in [6.07, 6.45) is 4.59. The smallest absolute Gasteiger partial charge is 0.360 e. The van der Waals surface area contributed by atoms with Gasteiger partial charge < -0.3 is 9.15 Å². The van der Waals surface area contributed by atoms with E-state index in [0.29, 0.717) is 6.61 Å². The van der Waals surface area contributed by atoms with Crippen molar-refractivity contribution in [2.24, 2.45) is 0 Å². The molecule has 0 fully saturated rings. The van der Waals surface area contributed by atoms with Crippen LogP contribution in [-0.2, 0) is 17.6 Å². The predicted octanol–water partition coefficient (Wildman–Crippen LogP) is 2.54. The van der Waals surface area contributed by atoms with Crippen LogP contribution in [0.25, 0.3) is 0 Å². The Morgan fingerprint density at radius 1 is 1.53 bits per heavy atom. The van der Waals surface area contributed by atoms with Crippen LogP contribution in [0.15, 0.2) is 10.7 Å². The van der Waals surface area contributed by atoms with Crippen molar-refractivity contribution in [2.45, 2.75) is 26.2 Å². The maximum absolute atomic E-state index is 11.4. The zero-order valence-electron chi connectivity index (χ0n) is 10.4. The zero-order valence-corrected chi connectivity index (χ0v) is 11.2. The first kappa shape index (κ1) is 12.2. The number of carbonyl (C=O) groups is 1. The number of carbonyl (C=O) groups excluding carboxylic acids is 1. The van der Waals surface area contributed by atoms with E-state index in [0.717, 1.165) is 23.7 Å². The Bertz CT molecular complexity index is 584. The molecular weight excluding hydrogens is 266 g/mol. The first-order valence-corrected chi connectivity index (χ1v) is 6.96. The van der Waals surface area contributed by atoms with Gasteiger partial charge in [0.1, 0.15) is 6.26 Å². The molecular formula is C12H13N3O3S. The minimum absolute atomic E-state index is 0.161. The highest BCUT2D eigenvalue weighted by Crippen LogP contribution is 2.31. The van der Waals surface area contributed by atoms with Crippen molar-refractivity contribution in [3.05, 3.63) is 22.5 Å². The molecule has 100 valence electrons. The van der Waals surface area contributed by atoms with E-state index in [1.807, 2.05) is 0 Å². The molecule has 2 aromatic rings. The molecule has 19 heavy (non-hydrogen) atoms. The Morgan fingerprint density at radius 3 is 3.21 bits per heavy atom. The fourth-order valence-corrected chi connectivity index (χ4v) is 3.00. The minimum atomic E-state index is -0.485. The van der Waals surface area contributed by atoms with Crippen LogP contribution in [-0.4, -0.2) is 22.5 Å². The molecule has 6 nitrogen and oxygen atoms in total. The number of nitrogens with one attached hydrogen (secondary N) is 1. The maximum Gasteiger partial charge on any atom is 0.360 e. The molecule has 0 saturated heterocycles. The molecule has 1 aliphatic rings. The van der Waals surface area contributed by atoms with Crippen LogP contribution in [0, 0.1) is 0 Å². The van der Waals surface area contributed by atoms with E-state index in [4.69, 9.17) is 9.15 Å². The maximum atomic E-state index is 11.4. The third-order valence-corrected chi connectivity index (χ3v) is 3.87. The van der Waals surface area contributed by atoms with Crippen LogP contribution in [0.1, 0.15) is 34.4 Å². The Morgan fingerprint density at radius 2 is 2.42 bits per heavy atom. The summed E-state index contributed by atoms with van der Waals surface area (Å²) in [7, 11) is 0. The summed E-state index contributed by atoms with van der Waals surface area (Å²) in [5.41, 5.74) is 1.32. The quantitative estimate of drug-likeness (QED) is 0.867. The monoisotopic (exact) mass is 279 g/mol. The number of aryl methyl sites for hydroxylation is 2. The first-order chi connectivity index (χ1) is 9.26. The average Bonchev–Trinajstić information content (AvgIpc) is 3.04. The first-order valence-electron chi connectivity index (χ1n) is 6.14. The van der Waals surface area contributed by atoms with Gasteiger partial charge in [0.05, 0.1) is 12.3 Å². The van der Waals surface area contributed by atoms with Gasteiger partial charge in [0.2, 0.25) is 0 Å². The highest BCUT2D eigenvalue weighted by atomic mass is 32.1. The van der Waals surface area contributed by atoms with Crippen molar-refractivity contribution >= 4 is 28.5 Å². The van der Waals surface area contributed by atoms with Crippen molar-refractivity contribution in [3.8, 4) is 0 Å². The van der Waals surface area contributed by atoms with Crippen molar-refractivity contribution < 1.29 is 13.9 Å². The largest absolute Gasteiger partial charge is 0.461 e. The number of hydrogen-bond donors (Lipinski definition) is 1. The van der Waals surface area contributed by atoms with E-state index in [2.05, 4.69) is 15.3 Å². The summed E-state index contributed by atoms with van der Waals surface area (Å²) in [5, 5.41) is 3.72. The number of anilines is 2. The lowest BCUT2D eigenvalue weighted by Crippen LogP contribution is -2.04. The molecule has 0 amide bonds. The molecule has 0 radical (unpaired) electrons. The fraction of sp³-hybridized carbons (Fsp3) is 0.417. The highest BCUT2D eigenvalue weighted by molar-refractivity contribution is 7.15. The van der Waals surface area contributed by atoms with E-state index in [-0.39, 0.29) is 11.7 Å². The molecule has 2 aromatic heterocycles. The van der Waals surface area contributed by atoms with Gasteiger partial charge >= 0.3 is 12.0 Å². The Kier molecular flexibility index (Phi) is 3.20. The van der Waals surface area contributed by atoms with Crippen LogP contribution < -0.4 is 5.32 Å². The second-order valence-corrected chi connectivity index (χ2v) is 5.21. The number of ether oxygens (including phenoxy) is 1. The summed E-state index contributed by atoms with van der Waals surface area (Å²) in [6.45, 7) is 2.06. The van der Waals surface area contributed by atoms with E-state index >= 15 is 0 Å². The van der Waals surface area contributed by atoms with Gasteiger partial charge in [-0.15, -0.1) is 11.3 Å². The van der Waals surface area contributed by atoms with Gasteiger partial charge in [0, 0.05) is 4.88 Å². The van der Waals surface area contributed by atoms with Crippen molar-refractivity contribution in [1.29, 1.82) is 0 Å². The van der Waals surface area contributed by atoms with Gasteiger partial charge in [0.15, 0.2) is 10.8 Å². The molecule has 3 rings (SSSR count). The van der Waals surface area contributed by atoms with Crippen LogP contribution in [0.3, 0.4) is 0 Å². The van der Waals surface area contributed by atoms with E-state index < -0.39 is 5.97 Å². The molecule has 0 aromatic carbocycles. The molecule has 1 N–H and O–H groups in total. The fourth-order valence-electron chi connectivity index (χ4n) is 1.97. The molecule has 0 bridgehead atoms. The number of nitrogens with zero attached hydrogens (tertiary/aromatic N) is 2. The second kappa shape index (κ2) is 5.00. The van der Waals surface area contributed by atoms with E-state index in [1.54, 1.807) is 18.3 Å². The molecule has 1 aliphatic carbocycles.